The van der Waals surface area contributed by atoms with Crippen LogP contribution in [0.25, 0.3) is 0 Å². The zero-order valence-corrected chi connectivity index (χ0v) is 12.0. The summed E-state index contributed by atoms with van der Waals surface area (Å²) in [5.74, 6) is 2.70. The fourth-order valence-electron chi connectivity index (χ4n) is 1.95. The summed E-state index contributed by atoms with van der Waals surface area (Å²) in [7, 11) is 0. The van der Waals surface area contributed by atoms with Crippen LogP contribution in [0.4, 0.5) is 0 Å². The van der Waals surface area contributed by atoms with Crippen LogP contribution in [-0.2, 0) is 0 Å². The van der Waals surface area contributed by atoms with Gasteiger partial charge in [0.1, 0.15) is 0 Å². The van der Waals surface area contributed by atoms with E-state index >= 15 is 0 Å². The number of thioether (sulfide) groups is 1. The quantitative estimate of drug-likeness (QED) is 0.748. The molecular weight excluding hydrogens is 216 g/mol. The van der Waals surface area contributed by atoms with Gasteiger partial charge < -0.3 is 10.2 Å². The Morgan fingerprint density at radius 3 is 2.69 bits per heavy atom. The lowest BCUT2D eigenvalue weighted by atomic mass is 10.1. The Morgan fingerprint density at radius 1 is 1.12 bits per heavy atom. The van der Waals surface area contributed by atoms with Crippen molar-refractivity contribution < 1.29 is 0 Å². The van der Waals surface area contributed by atoms with Crippen molar-refractivity contribution in [2.45, 2.75) is 45.6 Å². The minimum absolute atomic E-state index is 0.277. The van der Waals surface area contributed by atoms with E-state index in [9.17, 15) is 0 Å². The van der Waals surface area contributed by atoms with Crippen molar-refractivity contribution >= 4 is 11.8 Å². The summed E-state index contributed by atoms with van der Waals surface area (Å²) >= 11 is 2.11. The highest BCUT2D eigenvalue weighted by Crippen LogP contribution is 2.10. The lowest BCUT2D eigenvalue weighted by Crippen LogP contribution is -2.36. The standard InChI is InChI=1S/C13H28N2S/c1-13(2,3)14-7-4-5-8-15-9-6-11-16-12-10-15/h14H,4-12H2,1-3H3. The molecule has 1 aliphatic rings. The van der Waals surface area contributed by atoms with Crippen LogP contribution in [0.15, 0.2) is 0 Å². The molecule has 1 aliphatic heterocycles. The van der Waals surface area contributed by atoms with Gasteiger partial charge in [0, 0.05) is 17.8 Å². The Labute approximate surface area is 106 Å². The van der Waals surface area contributed by atoms with Crippen LogP contribution in [0.2, 0.25) is 0 Å². The van der Waals surface area contributed by atoms with Gasteiger partial charge in [-0.2, -0.15) is 11.8 Å². The molecule has 0 saturated carbocycles. The Kier molecular flexibility index (Phi) is 6.78. The summed E-state index contributed by atoms with van der Waals surface area (Å²) in [5.41, 5.74) is 0.277. The van der Waals surface area contributed by atoms with Crippen molar-refractivity contribution in [1.82, 2.24) is 10.2 Å². The first-order valence-corrected chi connectivity index (χ1v) is 7.78. The van der Waals surface area contributed by atoms with Crippen LogP contribution in [-0.4, -0.2) is 48.1 Å². The number of rotatable bonds is 5. The number of hydrogen-bond acceptors (Lipinski definition) is 3. The second-order valence-corrected chi connectivity index (χ2v) is 6.92. The van der Waals surface area contributed by atoms with Gasteiger partial charge in [0.15, 0.2) is 0 Å². The molecule has 0 aliphatic carbocycles. The zero-order chi connectivity index (χ0) is 11.9. The summed E-state index contributed by atoms with van der Waals surface area (Å²) in [6.45, 7) is 11.8. The Bertz CT molecular complexity index is 169. The van der Waals surface area contributed by atoms with Gasteiger partial charge in [0.05, 0.1) is 0 Å². The molecule has 0 amide bonds. The van der Waals surface area contributed by atoms with Crippen LogP contribution in [0.5, 0.6) is 0 Å². The molecule has 0 radical (unpaired) electrons. The van der Waals surface area contributed by atoms with Gasteiger partial charge in [-0.1, -0.05) is 0 Å². The minimum Gasteiger partial charge on any atom is -0.312 e. The van der Waals surface area contributed by atoms with Crippen molar-refractivity contribution in [3.05, 3.63) is 0 Å². The molecule has 96 valence electrons. The van der Waals surface area contributed by atoms with Crippen LogP contribution in [0, 0.1) is 0 Å². The molecule has 0 spiro atoms. The molecule has 0 aromatic rings. The average Bonchev–Trinajstić information content (AvgIpc) is 2.44. The van der Waals surface area contributed by atoms with Gasteiger partial charge in [0.2, 0.25) is 0 Å². The highest BCUT2D eigenvalue weighted by molar-refractivity contribution is 7.99. The van der Waals surface area contributed by atoms with E-state index in [2.05, 4.69) is 42.7 Å². The Hall–Kier alpha value is 0.270. The van der Waals surface area contributed by atoms with Gasteiger partial charge in [-0.05, 0) is 65.4 Å². The Morgan fingerprint density at radius 2 is 1.94 bits per heavy atom. The molecular formula is C13H28N2S. The van der Waals surface area contributed by atoms with E-state index in [1.165, 1.54) is 50.4 Å². The predicted octanol–water partition coefficient (Wildman–Crippen LogP) is 2.59. The first-order chi connectivity index (χ1) is 7.58. The molecule has 0 aromatic carbocycles. The topological polar surface area (TPSA) is 15.3 Å². The van der Waals surface area contributed by atoms with Gasteiger partial charge >= 0.3 is 0 Å². The van der Waals surface area contributed by atoms with Crippen LogP contribution in [0.1, 0.15) is 40.0 Å². The lowest BCUT2D eigenvalue weighted by molar-refractivity contribution is 0.286. The van der Waals surface area contributed by atoms with Gasteiger partial charge in [-0.3, -0.25) is 0 Å². The molecule has 1 saturated heterocycles. The molecule has 16 heavy (non-hydrogen) atoms. The third-order valence-corrected chi connectivity index (χ3v) is 3.92. The first kappa shape index (κ1) is 14.3. The molecule has 0 aromatic heterocycles. The van der Waals surface area contributed by atoms with Crippen LogP contribution in [0.3, 0.4) is 0 Å². The summed E-state index contributed by atoms with van der Waals surface area (Å²) < 4.78 is 0. The van der Waals surface area contributed by atoms with Gasteiger partial charge in [0.25, 0.3) is 0 Å². The van der Waals surface area contributed by atoms with Crippen molar-refractivity contribution in [3.8, 4) is 0 Å². The highest BCUT2D eigenvalue weighted by Gasteiger charge is 2.09. The van der Waals surface area contributed by atoms with E-state index in [0.29, 0.717) is 0 Å². The summed E-state index contributed by atoms with van der Waals surface area (Å²) in [6, 6.07) is 0. The SMILES string of the molecule is CC(C)(C)NCCCCN1CCCSCC1. The van der Waals surface area contributed by atoms with Crippen LogP contribution < -0.4 is 5.32 Å². The molecule has 1 N–H and O–H groups in total. The fraction of sp³-hybridized carbons (Fsp3) is 1.00. The minimum atomic E-state index is 0.277. The zero-order valence-electron chi connectivity index (χ0n) is 11.2. The second-order valence-electron chi connectivity index (χ2n) is 5.69. The molecule has 1 fully saturated rings. The van der Waals surface area contributed by atoms with Crippen LogP contribution >= 0.6 is 11.8 Å². The van der Waals surface area contributed by atoms with E-state index in [-0.39, 0.29) is 5.54 Å². The third kappa shape index (κ3) is 7.53. The molecule has 1 heterocycles. The van der Waals surface area contributed by atoms with E-state index < -0.39 is 0 Å². The summed E-state index contributed by atoms with van der Waals surface area (Å²) in [5, 5.41) is 3.55. The molecule has 0 unspecified atom stereocenters. The number of hydrogen-bond donors (Lipinski definition) is 1. The number of unbranched alkanes of at least 4 members (excludes halogenated alkanes) is 1. The molecule has 3 heteroatoms. The van der Waals surface area contributed by atoms with E-state index in [1.807, 2.05) is 0 Å². The highest BCUT2D eigenvalue weighted by atomic mass is 32.2. The summed E-state index contributed by atoms with van der Waals surface area (Å²) in [6.07, 6.45) is 4.03. The van der Waals surface area contributed by atoms with Crippen molar-refractivity contribution in [2.24, 2.45) is 0 Å². The Balaban J connectivity index is 1.97. The number of nitrogens with zero attached hydrogens (tertiary/aromatic N) is 1. The summed E-state index contributed by atoms with van der Waals surface area (Å²) in [4.78, 5) is 2.64. The van der Waals surface area contributed by atoms with Crippen molar-refractivity contribution in [1.29, 1.82) is 0 Å². The fourth-order valence-corrected chi connectivity index (χ4v) is 2.87. The van der Waals surface area contributed by atoms with Crippen molar-refractivity contribution in [2.75, 3.05) is 37.7 Å². The maximum Gasteiger partial charge on any atom is 0.00965 e. The second kappa shape index (κ2) is 7.57. The molecule has 0 atom stereocenters. The predicted molar refractivity (Wildman–Crippen MR) is 75.4 cm³/mol. The van der Waals surface area contributed by atoms with Crippen molar-refractivity contribution in [3.63, 3.8) is 0 Å². The monoisotopic (exact) mass is 244 g/mol. The molecule has 2 nitrogen and oxygen atoms in total. The number of nitrogens with one attached hydrogen (secondary N) is 1. The lowest BCUT2D eigenvalue weighted by Gasteiger charge is -2.22. The first-order valence-electron chi connectivity index (χ1n) is 6.63. The van der Waals surface area contributed by atoms with Gasteiger partial charge in [-0.15, -0.1) is 0 Å². The van der Waals surface area contributed by atoms with Gasteiger partial charge in [-0.25, -0.2) is 0 Å². The maximum absolute atomic E-state index is 3.55. The molecule has 1 rings (SSSR count). The average molecular weight is 244 g/mol. The normalized spacial score (nSPS) is 19.7. The van der Waals surface area contributed by atoms with E-state index in [1.54, 1.807) is 0 Å². The van der Waals surface area contributed by atoms with E-state index in [0.717, 1.165) is 6.54 Å². The largest absolute Gasteiger partial charge is 0.312 e. The smallest absolute Gasteiger partial charge is 0.00965 e. The molecule has 0 bridgehead atoms. The van der Waals surface area contributed by atoms with E-state index in [4.69, 9.17) is 0 Å². The third-order valence-electron chi connectivity index (χ3n) is 2.87. The maximum atomic E-state index is 3.55.